The van der Waals surface area contributed by atoms with Gasteiger partial charge in [0.1, 0.15) is 35.1 Å². The van der Waals surface area contributed by atoms with Crippen molar-refractivity contribution in [2.45, 2.75) is 70.2 Å². The Labute approximate surface area is 297 Å². The first-order valence-corrected chi connectivity index (χ1v) is 16.7. The Balaban J connectivity index is 1.29. The number of benzene rings is 2. The van der Waals surface area contributed by atoms with Gasteiger partial charge >= 0.3 is 6.09 Å². The number of amides is 2. The Morgan fingerprint density at radius 3 is 2.38 bits per heavy atom. The van der Waals surface area contributed by atoms with Gasteiger partial charge in [-0.2, -0.15) is 4.39 Å². The summed E-state index contributed by atoms with van der Waals surface area (Å²) in [6.45, 7) is 4.91. The summed E-state index contributed by atoms with van der Waals surface area (Å²) in [6.07, 6.45) is -0.353. The predicted octanol–water partition coefficient (Wildman–Crippen LogP) is 7.02. The number of aromatic nitrogens is 3. The van der Waals surface area contributed by atoms with Crippen LogP contribution in [0.25, 0.3) is 22.6 Å². The van der Waals surface area contributed by atoms with Crippen molar-refractivity contribution in [3.05, 3.63) is 83.7 Å². The van der Waals surface area contributed by atoms with Crippen LogP contribution >= 0.6 is 0 Å². The van der Waals surface area contributed by atoms with E-state index in [4.69, 9.17) is 14.2 Å². The molecule has 2 amide bonds. The fourth-order valence-corrected chi connectivity index (χ4v) is 6.38. The Kier molecular flexibility index (Phi) is 10.2. The van der Waals surface area contributed by atoms with Crippen LogP contribution in [0.5, 0.6) is 11.5 Å². The van der Waals surface area contributed by atoms with E-state index < -0.39 is 59.2 Å². The van der Waals surface area contributed by atoms with Crippen LogP contribution in [0, 0.1) is 11.8 Å². The highest BCUT2D eigenvalue weighted by atomic mass is 19.3. The summed E-state index contributed by atoms with van der Waals surface area (Å²) >= 11 is 0. The van der Waals surface area contributed by atoms with Gasteiger partial charge in [0, 0.05) is 24.7 Å². The average molecular weight is 723 g/mol. The summed E-state index contributed by atoms with van der Waals surface area (Å²) in [6, 6.07) is 14.1. The van der Waals surface area contributed by atoms with Gasteiger partial charge in [0.25, 0.3) is 18.3 Å². The van der Waals surface area contributed by atoms with Crippen molar-refractivity contribution in [1.29, 1.82) is 0 Å². The van der Waals surface area contributed by atoms with Crippen LogP contribution in [-0.4, -0.2) is 75.7 Å². The van der Waals surface area contributed by atoms with E-state index in [2.05, 4.69) is 25.6 Å². The van der Waals surface area contributed by atoms with Gasteiger partial charge in [0.2, 0.25) is 0 Å². The number of hydrogen-bond acceptors (Lipinski definition) is 9. The number of fused-ring (bicyclic) bond motifs is 2. The van der Waals surface area contributed by atoms with Gasteiger partial charge < -0.3 is 29.7 Å². The molecule has 15 heteroatoms. The van der Waals surface area contributed by atoms with Crippen molar-refractivity contribution < 1.29 is 41.4 Å². The molecule has 52 heavy (non-hydrogen) atoms. The van der Waals surface area contributed by atoms with E-state index in [0.717, 1.165) is 11.8 Å². The number of likely N-dealkylation sites (tertiary alicyclic amines) is 1. The molecule has 2 aromatic heterocycles. The fourth-order valence-electron chi connectivity index (χ4n) is 6.38. The molecule has 274 valence electrons. The second kappa shape index (κ2) is 14.6. The molecule has 11 nitrogen and oxygen atoms in total. The normalized spacial score (nSPS) is 18.0. The Morgan fingerprint density at radius 1 is 1.02 bits per heavy atom. The summed E-state index contributed by atoms with van der Waals surface area (Å²) in [7, 11) is 1.55. The zero-order valence-corrected chi connectivity index (χ0v) is 29.0. The molecule has 2 aliphatic rings. The van der Waals surface area contributed by atoms with Gasteiger partial charge in [-0.25, -0.2) is 32.9 Å². The first-order chi connectivity index (χ1) is 24.7. The molecular weight excluding hydrogens is 684 g/mol. The van der Waals surface area contributed by atoms with Gasteiger partial charge in [-0.1, -0.05) is 12.1 Å². The lowest BCUT2D eigenvalue weighted by Gasteiger charge is -2.34. The van der Waals surface area contributed by atoms with Crippen molar-refractivity contribution in [3.63, 3.8) is 0 Å². The number of nitrogens with one attached hydrogen (secondary N) is 2. The monoisotopic (exact) mass is 722 g/mol. The first kappa shape index (κ1) is 36.3. The third-order valence-electron chi connectivity index (χ3n) is 8.82. The van der Waals surface area contributed by atoms with E-state index in [-0.39, 0.29) is 42.1 Å². The third kappa shape index (κ3) is 8.19. The number of anilines is 1. The number of halogens is 4. The molecule has 1 aliphatic heterocycles. The maximum atomic E-state index is 16.4. The molecule has 0 radical (unpaired) electrons. The summed E-state index contributed by atoms with van der Waals surface area (Å²) < 4.78 is 72.9. The number of piperidine rings is 1. The van der Waals surface area contributed by atoms with Gasteiger partial charge in [-0.3, -0.25) is 4.79 Å². The number of ether oxygens (including phenoxy) is 3. The maximum absolute atomic E-state index is 16.4. The van der Waals surface area contributed by atoms with E-state index in [1.165, 1.54) is 30.3 Å². The Hall–Kier alpha value is -5.47. The first-order valence-electron chi connectivity index (χ1n) is 16.7. The molecule has 2 fully saturated rings. The lowest BCUT2D eigenvalue weighted by Crippen LogP contribution is -2.52. The molecule has 1 saturated heterocycles. The van der Waals surface area contributed by atoms with Crippen molar-refractivity contribution in [3.8, 4) is 34.1 Å². The standard InChI is InChI=1S/C37H38F4N6O5/c1-36(2,3)52-35(49)47-20-37(14-13-23(47)16-37)46-34(48)26-15-27(22-7-11-25(12-8-22)51-19-29(38)39)44-31(30(26)40)28-18-43-33(32(41)45-28)42-17-21-5-9-24(50-4)10-6-21/h5-12,15,18,23,29H,13-14,16-17,19-20H2,1-4H3,(H,42,43)(H,46,48). The number of methoxy groups -OCH3 is 1. The van der Waals surface area contributed by atoms with Crippen LogP contribution in [0.3, 0.4) is 0 Å². The molecule has 1 aliphatic carbocycles. The SMILES string of the molecule is COc1ccc(CNc2ncc(-c3nc(-c4ccc(OCC(F)F)cc4)cc(C(=O)NC45CCC(C4)N(C(=O)OC(C)(C)C)C5)c3F)nc2F)cc1. The van der Waals surface area contributed by atoms with Gasteiger partial charge in [-0.15, -0.1) is 0 Å². The molecule has 1 saturated carbocycles. The number of carbonyl (C=O) groups is 2. The van der Waals surface area contributed by atoms with Crippen molar-refractivity contribution in [2.75, 3.05) is 25.6 Å². The molecule has 2 aromatic carbocycles. The van der Waals surface area contributed by atoms with Crippen molar-refractivity contribution in [1.82, 2.24) is 25.2 Å². The Bertz CT molecular complexity index is 1940. The van der Waals surface area contributed by atoms with Gasteiger partial charge in [0.05, 0.1) is 30.1 Å². The van der Waals surface area contributed by atoms with E-state index in [0.29, 0.717) is 30.6 Å². The number of hydrogen-bond donors (Lipinski definition) is 2. The van der Waals surface area contributed by atoms with Gasteiger partial charge in [-0.05, 0) is 88.1 Å². The van der Waals surface area contributed by atoms with Crippen LogP contribution < -0.4 is 20.1 Å². The van der Waals surface area contributed by atoms with Crippen molar-refractivity contribution in [2.24, 2.45) is 0 Å². The quantitative estimate of drug-likeness (QED) is 0.157. The molecule has 2 atom stereocenters. The van der Waals surface area contributed by atoms with Crippen LogP contribution in [0.1, 0.15) is 56.0 Å². The van der Waals surface area contributed by atoms with Gasteiger partial charge in [0.15, 0.2) is 11.6 Å². The molecule has 2 bridgehead atoms. The second-order valence-corrected chi connectivity index (χ2v) is 13.8. The van der Waals surface area contributed by atoms with Crippen LogP contribution in [0.15, 0.2) is 60.8 Å². The summed E-state index contributed by atoms with van der Waals surface area (Å²) in [5, 5.41) is 5.83. The number of pyridine rings is 1. The van der Waals surface area contributed by atoms with Crippen LogP contribution in [0.4, 0.5) is 28.2 Å². The number of alkyl halides is 2. The minimum Gasteiger partial charge on any atom is -0.497 e. The topological polar surface area (TPSA) is 128 Å². The highest BCUT2D eigenvalue weighted by Gasteiger charge is 2.53. The minimum atomic E-state index is -2.67. The number of carbonyl (C=O) groups excluding carboxylic acids is 2. The molecular formula is C37H38F4N6O5. The molecule has 3 heterocycles. The van der Waals surface area contributed by atoms with E-state index in [1.54, 1.807) is 57.0 Å². The minimum absolute atomic E-state index is 0.120. The van der Waals surface area contributed by atoms with Crippen LogP contribution in [0.2, 0.25) is 0 Å². The fraction of sp³-hybridized carbons (Fsp3) is 0.378. The summed E-state index contributed by atoms with van der Waals surface area (Å²) in [5.41, 5.74) is -1.29. The highest BCUT2D eigenvalue weighted by Crippen LogP contribution is 2.42. The van der Waals surface area contributed by atoms with Crippen molar-refractivity contribution >= 4 is 17.8 Å². The lowest BCUT2D eigenvalue weighted by molar-refractivity contribution is 0.0173. The molecule has 2 N–H and O–H groups in total. The van der Waals surface area contributed by atoms with Crippen LogP contribution in [-0.2, 0) is 11.3 Å². The largest absolute Gasteiger partial charge is 0.497 e. The average Bonchev–Trinajstić information content (AvgIpc) is 3.69. The molecule has 4 aromatic rings. The third-order valence-corrected chi connectivity index (χ3v) is 8.82. The van der Waals surface area contributed by atoms with E-state index in [9.17, 15) is 18.4 Å². The number of rotatable bonds is 11. The zero-order valence-electron chi connectivity index (χ0n) is 29.0. The summed E-state index contributed by atoms with van der Waals surface area (Å²) in [4.78, 5) is 40.9. The van der Waals surface area contributed by atoms with E-state index in [1.807, 2.05) is 0 Å². The highest BCUT2D eigenvalue weighted by molar-refractivity contribution is 5.97. The summed E-state index contributed by atoms with van der Waals surface area (Å²) in [5.74, 6) is -2.19. The molecule has 0 spiro atoms. The maximum Gasteiger partial charge on any atom is 0.410 e. The zero-order chi connectivity index (χ0) is 37.2. The van der Waals surface area contributed by atoms with E-state index >= 15 is 8.78 Å². The predicted molar refractivity (Wildman–Crippen MR) is 183 cm³/mol. The number of nitrogens with zero attached hydrogens (tertiary/aromatic N) is 4. The molecule has 6 rings (SSSR count). The molecule has 2 unspecified atom stereocenters. The second-order valence-electron chi connectivity index (χ2n) is 13.8. The smallest absolute Gasteiger partial charge is 0.410 e. The lowest BCUT2D eigenvalue weighted by atomic mass is 9.97. The Morgan fingerprint density at radius 2 is 1.73 bits per heavy atom.